The van der Waals surface area contributed by atoms with E-state index in [4.69, 9.17) is 5.11 Å². The van der Waals surface area contributed by atoms with Gasteiger partial charge >= 0.3 is 5.97 Å². The Morgan fingerprint density at radius 2 is 2.21 bits per heavy atom. The number of carbonyl (C=O) groups is 1. The summed E-state index contributed by atoms with van der Waals surface area (Å²) in [6.07, 6.45) is 1.93. The molecular formula is C10H16N2O2. The largest absolute Gasteiger partial charge is 0.481 e. The average molecular weight is 196 g/mol. The van der Waals surface area contributed by atoms with E-state index in [1.54, 1.807) is 4.68 Å². The standard InChI is InChI=1S/C10H16N2O2/c1-3-8-7-9(4-2)12(11-8)6-5-10(13)14/h7H,3-6H2,1-2H3,(H,13,14). The van der Waals surface area contributed by atoms with Crippen LogP contribution in [-0.4, -0.2) is 20.9 Å². The van der Waals surface area contributed by atoms with Gasteiger partial charge in [0.1, 0.15) is 0 Å². The topological polar surface area (TPSA) is 55.1 Å². The quantitative estimate of drug-likeness (QED) is 0.776. The van der Waals surface area contributed by atoms with Crippen LogP contribution in [0, 0.1) is 0 Å². The summed E-state index contributed by atoms with van der Waals surface area (Å²) < 4.78 is 1.80. The third-order valence-corrected chi connectivity index (χ3v) is 2.18. The summed E-state index contributed by atoms with van der Waals surface area (Å²) in [5, 5.41) is 12.9. The van der Waals surface area contributed by atoms with E-state index in [0.717, 1.165) is 24.2 Å². The highest BCUT2D eigenvalue weighted by molar-refractivity contribution is 5.66. The lowest BCUT2D eigenvalue weighted by Crippen LogP contribution is -2.08. The van der Waals surface area contributed by atoms with Gasteiger partial charge in [-0.3, -0.25) is 9.48 Å². The summed E-state index contributed by atoms with van der Waals surface area (Å²) >= 11 is 0. The molecule has 0 aliphatic rings. The van der Waals surface area contributed by atoms with E-state index < -0.39 is 5.97 Å². The zero-order chi connectivity index (χ0) is 10.6. The van der Waals surface area contributed by atoms with E-state index in [9.17, 15) is 4.79 Å². The van der Waals surface area contributed by atoms with Crippen molar-refractivity contribution in [2.24, 2.45) is 0 Å². The fraction of sp³-hybridized carbons (Fsp3) is 0.600. The minimum atomic E-state index is -0.777. The molecule has 78 valence electrons. The van der Waals surface area contributed by atoms with Gasteiger partial charge in [-0.2, -0.15) is 5.10 Å². The van der Waals surface area contributed by atoms with Crippen molar-refractivity contribution in [1.29, 1.82) is 0 Å². The summed E-state index contributed by atoms with van der Waals surface area (Å²) in [5.74, 6) is -0.777. The Labute approximate surface area is 83.5 Å². The molecule has 1 aromatic rings. The lowest BCUT2D eigenvalue weighted by molar-refractivity contribution is -0.137. The first kappa shape index (κ1) is 10.8. The Morgan fingerprint density at radius 1 is 1.50 bits per heavy atom. The molecule has 1 heterocycles. The zero-order valence-corrected chi connectivity index (χ0v) is 8.66. The Morgan fingerprint density at radius 3 is 2.71 bits per heavy atom. The molecule has 1 N–H and O–H groups in total. The molecule has 4 nitrogen and oxygen atoms in total. The highest BCUT2D eigenvalue weighted by atomic mass is 16.4. The minimum absolute atomic E-state index is 0.137. The summed E-state index contributed by atoms with van der Waals surface area (Å²) in [7, 11) is 0. The summed E-state index contributed by atoms with van der Waals surface area (Å²) in [5.41, 5.74) is 2.15. The highest BCUT2D eigenvalue weighted by Gasteiger charge is 2.06. The second-order valence-corrected chi connectivity index (χ2v) is 3.20. The number of carboxylic acids is 1. The average Bonchev–Trinajstić information content (AvgIpc) is 2.57. The van der Waals surface area contributed by atoms with Crippen LogP contribution in [0.2, 0.25) is 0 Å². The third-order valence-electron chi connectivity index (χ3n) is 2.18. The third kappa shape index (κ3) is 2.58. The number of aromatic nitrogens is 2. The van der Waals surface area contributed by atoms with Gasteiger partial charge in [0.05, 0.1) is 18.7 Å². The van der Waals surface area contributed by atoms with Gasteiger partial charge in [-0.25, -0.2) is 0 Å². The second-order valence-electron chi connectivity index (χ2n) is 3.20. The normalized spacial score (nSPS) is 10.4. The lowest BCUT2D eigenvalue weighted by atomic mass is 10.2. The molecule has 0 unspecified atom stereocenters. The van der Waals surface area contributed by atoms with Crippen LogP contribution >= 0.6 is 0 Å². The smallest absolute Gasteiger partial charge is 0.305 e. The van der Waals surface area contributed by atoms with Crippen LogP contribution in [0.25, 0.3) is 0 Å². The van der Waals surface area contributed by atoms with E-state index in [1.165, 1.54) is 0 Å². The van der Waals surface area contributed by atoms with Crippen LogP contribution in [0.4, 0.5) is 0 Å². The van der Waals surface area contributed by atoms with E-state index in [1.807, 2.05) is 19.9 Å². The number of rotatable bonds is 5. The molecule has 1 aromatic heterocycles. The fourth-order valence-electron chi connectivity index (χ4n) is 1.37. The molecule has 0 amide bonds. The molecule has 0 saturated heterocycles. The minimum Gasteiger partial charge on any atom is -0.481 e. The molecule has 1 rings (SSSR count). The van der Waals surface area contributed by atoms with Crippen LogP contribution in [0.5, 0.6) is 0 Å². The van der Waals surface area contributed by atoms with Crippen LogP contribution in [0.15, 0.2) is 6.07 Å². The Kier molecular flexibility index (Phi) is 3.68. The maximum Gasteiger partial charge on any atom is 0.305 e. The van der Waals surface area contributed by atoms with Gasteiger partial charge in [0.15, 0.2) is 0 Å². The van der Waals surface area contributed by atoms with Crippen molar-refractivity contribution in [3.8, 4) is 0 Å². The second kappa shape index (κ2) is 4.79. The number of aliphatic carboxylic acids is 1. The highest BCUT2D eigenvalue weighted by Crippen LogP contribution is 2.06. The van der Waals surface area contributed by atoms with Crippen molar-refractivity contribution in [2.45, 2.75) is 39.7 Å². The van der Waals surface area contributed by atoms with Crippen molar-refractivity contribution >= 4 is 5.97 Å². The van der Waals surface area contributed by atoms with Gasteiger partial charge in [0.2, 0.25) is 0 Å². The number of aryl methyl sites for hydroxylation is 3. The van der Waals surface area contributed by atoms with Gasteiger partial charge in [0.25, 0.3) is 0 Å². The predicted molar refractivity (Wildman–Crippen MR) is 53.2 cm³/mol. The zero-order valence-electron chi connectivity index (χ0n) is 8.66. The first-order valence-corrected chi connectivity index (χ1v) is 4.94. The molecule has 0 atom stereocenters. The molecule has 0 aromatic carbocycles. The fourth-order valence-corrected chi connectivity index (χ4v) is 1.37. The number of nitrogens with zero attached hydrogens (tertiary/aromatic N) is 2. The molecule has 0 saturated carbocycles. The van der Waals surface area contributed by atoms with Crippen molar-refractivity contribution in [1.82, 2.24) is 9.78 Å². The summed E-state index contributed by atoms with van der Waals surface area (Å²) in [6.45, 7) is 4.57. The summed E-state index contributed by atoms with van der Waals surface area (Å²) in [6, 6.07) is 2.04. The van der Waals surface area contributed by atoms with Crippen molar-refractivity contribution in [3.05, 3.63) is 17.5 Å². The predicted octanol–water partition coefficient (Wildman–Crippen LogP) is 1.48. The maximum atomic E-state index is 10.4. The maximum absolute atomic E-state index is 10.4. The number of carboxylic acid groups (broad SMARTS) is 1. The summed E-state index contributed by atoms with van der Waals surface area (Å²) in [4.78, 5) is 10.4. The molecule has 4 heteroatoms. The van der Waals surface area contributed by atoms with Gasteiger partial charge in [-0.05, 0) is 18.9 Å². The molecule has 14 heavy (non-hydrogen) atoms. The van der Waals surface area contributed by atoms with Gasteiger partial charge in [0, 0.05) is 5.69 Å². The van der Waals surface area contributed by atoms with Gasteiger partial charge in [-0.1, -0.05) is 13.8 Å². The van der Waals surface area contributed by atoms with E-state index in [2.05, 4.69) is 5.10 Å². The van der Waals surface area contributed by atoms with Crippen LogP contribution < -0.4 is 0 Å². The van der Waals surface area contributed by atoms with E-state index >= 15 is 0 Å². The molecule has 0 fully saturated rings. The van der Waals surface area contributed by atoms with Crippen LogP contribution in [0.3, 0.4) is 0 Å². The lowest BCUT2D eigenvalue weighted by Gasteiger charge is -2.02. The van der Waals surface area contributed by atoms with Crippen LogP contribution in [0.1, 0.15) is 31.7 Å². The van der Waals surface area contributed by atoms with Crippen LogP contribution in [-0.2, 0) is 24.2 Å². The molecule has 0 spiro atoms. The number of hydrogen-bond acceptors (Lipinski definition) is 2. The molecule has 0 bridgehead atoms. The molecule has 0 aliphatic heterocycles. The van der Waals surface area contributed by atoms with Crippen molar-refractivity contribution in [3.63, 3.8) is 0 Å². The van der Waals surface area contributed by atoms with Gasteiger partial charge < -0.3 is 5.11 Å². The molecular weight excluding hydrogens is 180 g/mol. The molecule has 0 aliphatic carbocycles. The first-order valence-electron chi connectivity index (χ1n) is 4.94. The number of hydrogen-bond donors (Lipinski definition) is 1. The van der Waals surface area contributed by atoms with E-state index in [0.29, 0.717) is 6.54 Å². The molecule has 0 radical (unpaired) electrons. The Hall–Kier alpha value is -1.32. The van der Waals surface area contributed by atoms with Crippen molar-refractivity contribution in [2.75, 3.05) is 0 Å². The van der Waals surface area contributed by atoms with Gasteiger partial charge in [-0.15, -0.1) is 0 Å². The Balaban J connectivity index is 2.73. The van der Waals surface area contributed by atoms with Crippen molar-refractivity contribution < 1.29 is 9.90 Å². The monoisotopic (exact) mass is 196 g/mol. The van der Waals surface area contributed by atoms with E-state index in [-0.39, 0.29) is 6.42 Å². The SMILES string of the molecule is CCc1cc(CC)n(CCC(=O)O)n1. The first-order chi connectivity index (χ1) is 6.67. The Bertz CT molecular complexity index is 318.